The number of hydrogen-bond acceptors (Lipinski definition) is 5. The van der Waals surface area contributed by atoms with Crippen LogP contribution in [0.4, 0.5) is 4.39 Å². The molecule has 1 aliphatic carbocycles. The maximum atomic E-state index is 13.2. The van der Waals surface area contributed by atoms with Crippen molar-refractivity contribution in [2.45, 2.75) is 36.0 Å². The van der Waals surface area contributed by atoms with Crippen LogP contribution in [0.2, 0.25) is 0 Å². The summed E-state index contributed by atoms with van der Waals surface area (Å²) in [4.78, 5) is 21.9. The van der Waals surface area contributed by atoms with E-state index in [-0.39, 0.29) is 11.1 Å². The van der Waals surface area contributed by atoms with Crippen molar-refractivity contribution in [1.82, 2.24) is 9.97 Å². The molecule has 6 heteroatoms. The summed E-state index contributed by atoms with van der Waals surface area (Å²) in [7, 11) is 0. The molecular weight excluding hydrogens is 343 g/mol. The van der Waals surface area contributed by atoms with Crippen molar-refractivity contribution in [2.24, 2.45) is 0 Å². The van der Waals surface area contributed by atoms with Gasteiger partial charge in [-0.2, -0.15) is 0 Å². The summed E-state index contributed by atoms with van der Waals surface area (Å²) in [5.74, 6) is 0.0634. The van der Waals surface area contributed by atoms with Crippen molar-refractivity contribution in [3.63, 3.8) is 0 Å². The van der Waals surface area contributed by atoms with Crippen molar-refractivity contribution in [3.8, 4) is 11.1 Å². The molecule has 122 valence electrons. The van der Waals surface area contributed by atoms with Gasteiger partial charge in [-0.3, -0.25) is 4.79 Å². The lowest BCUT2D eigenvalue weighted by Gasteiger charge is -2.19. The van der Waals surface area contributed by atoms with Gasteiger partial charge >= 0.3 is 0 Å². The highest BCUT2D eigenvalue weighted by Crippen LogP contribution is 2.40. The average Bonchev–Trinajstić information content (AvgIpc) is 3.03. The molecule has 0 spiro atoms. The largest absolute Gasteiger partial charge is 0.298 e. The Balaban J connectivity index is 1.77. The molecule has 1 aliphatic rings. The fourth-order valence-corrected chi connectivity index (χ4v) is 5.21. The third-order valence-corrected chi connectivity index (χ3v) is 6.45. The van der Waals surface area contributed by atoms with Crippen LogP contribution in [0, 0.1) is 5.82 Å². The summed E-state index contributed by atoms with van der Waals surface area (Å²) in [5, 5.41) is 3.83. The molecule has 24 heavy (non-hydrogen) atoms. The van der Waals surface area contributed by atoms with Crippen LogP contribution in [0.25, 0.3) is 21.3 Å². The number of hydrogen-bond donors (Lipinski definition) is 0. The minimum absolute atomic E-state index is 0.0159. The number of fused-ring (bicyclic) bond motifs is 1. The maximum absolute atomic E-state index is 13.2. The molecule has 0 unspecified atom stereocenters. The maximum Gasteiger partial charge on any atom is 0.146 e. The summed E-state index contributed by atoms with van der Waals surface area (Å²) in [6.45, 7) is 0. The van der Waals surface area contributed by atoms with Crippen LogP contribution in [-0.4, -0.2) is 21.0 Å². The number of carbonyl (C=O) groups is 1. The van der Waals surface area contributed by atoms with E-state index in [0.29, 0.717) is 12.2 Å². The quantitative estimate of drug-likeness (QED) is 0.611. The molecule has 2 aromatic heterocycles. The predicted molar refractivity (Wildman–Crippen MR) is 95.9 cm³/mol. The van der Waals surface area contributed by atoms with Crippen molar-refractivity contribution in [2.75, 3.05) is 0 Å². The van der Waals surface area contributed by atoms with Gasteiger partial charge in [-0.1, -0.05) is 30.3 Å². The van der Waals surface area contributed by atoms with E-state index in [0.717, 1.165) is 45.6 Å². The third-order valence-electron chi connectivity index (χ3n) is 4.24. The smallest absolute Gasteiger partial charge is 0.146 e. The number of thiophene rings is 1. The topological polar surface area (TPSA) is 42.9 Å². The first-order chi connectivity index (χ1) is 11.7. The average molecular weight is 358 g/mol. The molecule has 0 N–H and O–H groups in total. The Hall–Kier alpha value is -1.79. The highest BCUT2D eigenvalue weighted by Gasteiger charge is 2.25. The Morgan fingerprint density at radius 2 is 2.00 bits per heavy atom. The number of nitrogens with zero attached hydrogens (tertiary/aromatic N) is 2. The SMILES string of the molecule is O=C1CCCC[C@@H]1Sc1ncnc2scc(-c3ccc(F)cc3)c12. The molecule has 3 aromatic rings. The van der Waals surface area contributed by atoms with Gasteiger partial charge in [0.1, 0.15) is 27.8 Å². The molecular formula is C18H15FN2OS2. The first-order valence-corrected chi connectivity index (χ1v) is 9.66. The minimum Gasteiger partial charge on any atom is -0.298 e. The fourth-order valence-electron chi connectivity index (χ4n) is 2.99. The lowest BCUT2D eigenvalue weighted by atomic mass is 9.99. The van der Waals surface area contributed by atoms with Gasteiger partial charge in [0.25, 0.3) is 0 Å². The van der Waals surface area contributed by atoms with Crippen molar-refractivity contribution in [3.05, 3.63) is 41.8 Å². The van der Waals surface area contributed by atoms with E-state index in [2.05, 4.69) is 9.97 Å². The summed E-state index contributed by atoms with van der Waals surface area (Å²) in [5.41, 5.74) is 1.94. The van der Waals surface area contributed by atoms with Gasteiger partial charge in [-0.15, -0.1) is 11.3 Å². The number of thioether (sulfide) groups is 1. The molecule has 3 nitrogen and oxygen atoms in total. The van der Waals surface area contributed by atoms with E-state index in [1.165, 1.54) is 12.1 Å². The molecule has 4 rings (SSSR count). The van der Waals surface area contributed by atoms with Gasteiger partial charge in [-0.25, -0.2) is 14.4 Å². The lowest BCUT2D eigenvalue weighted by molar-refractivity contribution is -0.119. The van der Waals surface area contributed by atoms with Crippen molar-refractivity contribution >= 4 is 39.1 Å². The van der Waals surface area contributed by atoms with E-state index >= 15 is 0 Å². The van der Waals surface area contributed by atoms with Crippen LogP contribution in [0.1, 0.15) is 25.7 Å². The summed E-state index contributed by atoms with van der Waals surface area (Å²) in [6, 6.07) is 6.45. The number of aromatic nitrogens is 2. The normalized spacial score (nSPS) is 18.2. The number of benzene rings is 1. The second-order valence-electron chi connectivity index (χ2n) is 5.83. The summed E-state index contributed by atoms with van der Waals surface area (Å²) in [6.07, 6.45) is 5.22. The minimum atomic E-state index is -0.253. The highest BCUT2D eigenvalue weighted by atomic mass is 32.2. The monoisotopic (exact) mass is 358 g/mol. The zero-order chi connectivity index (χ0) is 16.5. The van der Waals surface area contributed by atoms with Gasteiger partial charge in [0.15, 0.2) is 0 Å². The molecule has 1 saturated carbocycles. The molecule has 0 radical (unpaired) electrons. The van der Waals surface area contributed by atoms with Gasteiger partial charge in [-0.05, 0) is 30.5 Å². The molecule has 1 atom stereocenters. The number of halogens is 1. The summed E-state index contributed by atoms with van der Waals surface area (Å²) < 4.78 is 13.2. The third kappa shape index (κ3) is 2.96. The Bertz CT molecular complexity index is 892. The predicted octanol–water partition coefficient (Wildman–Crippen LogP) is 5.10. The molecule has 0 aliphatic heterocycles. The number of rotatable bonds is 3. The number of Topliss-reactive ketones (excluding diaryl/α,β-unsaturated/α-hetero) is 1. The van der Waals surface area contributed by atoms with Crippen molar-refractivity contribution < 1.29 is 9.18 Å². The molecule has 0 bridgehead atoms. The second-order valence-corrected chi connectivity index (χ2v) is 7.88. The lowest BCUT2D eigenvalue weighted by Crippen LogP contribution is -2.21. The van der Waals surface area contributed by atoms with Crippen LogP contribution >= 0.6 is 23.1 Å². The molecule has 1 fully saturated rings. The Morgan fingerprint density at radius 1 is 1.17 bits per heavy atom. The number of ketones is 1. The van der Waals surface area contributed by atoms with Gasteiger partial charge in [0, 0.05) is 17.4 Å². The second kappa shape index (κ2) is 6.61. The first kappa shape index (κ1) is 15.7. The first-order valence-electron chi connectivity index (χ1n) is 7.90. The van der Waals surface area contributed by atoms with Crippen LogP contribution in [0.3, 0.4) is 0 Å². The molecule has 1 aromatic carbocycles. The molecule has 0 amide bonds. The zero-order valence-corrected chi connectivity index (χ0v) is 14.5. The highest BCUT2D eigenvalue weighted by molar-refractivity contribution is 8.00. The molecule has 2 heterocycles. The van der Waals surface area contributed by atoms with Gasteiger partial charge in [0.2, 0.25) is 0 Å². The van der Waals surface area contributed by atoms with E-state index in [1.807, 2.05) is 5.38 Å². The standard InChI is InChI=1S/C18H15FN2OS2/c19-12-7-5-11(6-8-12)13-9-23-17-16(13)18(21-10-20-17)24-15-4-2-1-3-14(15)22/h5-10,15H,1-4H2/t15-/m0/s1. The van der Waals surface area contributed by atoms with E-state index in [4.69, 9.17) is 0 Å². The molecule has 0 saturated heterocycles. The van der Waals surface area contributed by atoms with Crippen LogP contribution in [-0.2, 0) is 4.79 Å². The summed E-state index contributed by atoms with van der Waals surface area (Å²) >= 11 is 3.10. The van der Waals surface area contributed by atoms with E-state index in [9.17, 15) is 9.18 Å². The van der Waals surface area contributed by atoms with Crippen LogP contribution in [0.15, 0.2) is 41.0 Å². The van der Waals surface area contributed by atoms with Gasteiger partial charge in [0.05, 0.1) is 10.6 Å². The zero-order valence-electron chi connectivity index (χ0n) is 12.9. The van der Waals surface area contributed by atoms with Crippen LogP contribution in [0.5, 0.6) is 0 Å². The van der Waals surface area contributed by atoms with Crippen molar-refractivity contribution in [1.29, 1.82) is 0 Å². The van der Waals surface area contributed by atoms with E-state index in [1.54, 1.807) is 41.6 Å². The van der Waals surface area contributed by atoms with Crippen LogP contribution < -0.4 is 0 Å². The Morgan fingerprint density at radius 3 is 2.79 bits per heavy atom. The fraction of sp³-hybridized carbons (Fsp3) is 0.278. The van der Waals surface area contributed by atoms with Gasteiger partial charge < -0.3 is 0 Å². The Labute approximate surface area is 147 Å². The number of carbonyl (C=O) groups excluding carboxylic acids is 1. The van der Waals surface area contributed by atoms with E-state index < -0.39 is 0 Å². The Kier molecular flexibility index (Phi) is 4.33.